The van der Waals surface area contributed by atoms with Gasteiger partial charge in [0.15, 0.2) is 0 Å². The van der Waals surface area contributed by atoms with Gasteiger partial charge in [-0.15, -0.1) is 12.4 Å². The SMILES string of the molecule is Cl.O=C(O)/C=C/CN1CCCC1. The summed E-state index contributed by atoms with van der Waals surface area (Å²) in [6, 6.07) is 0. The fourth-order valence-electron chi connectivity index (χ4n) is 1.27. The first-order chi connectivity index (χ1) is 5.29. The largest absolute Gasteiger partial charge is 0.478 e. The summed E-state index contributed by atoms with van der Waals surface area (Å²) >= 11 is 0. The summed E-state index contributed by atoms with van der Waals surface area (Å²) in [7, 11) is 0. The van der Waals surface area contributed by atoms with Gasteiger partial charge in [0.1, 0.15) is 0 Å². The molecule has 12 heavy (non-hydrogen) atoms. The second kappa shape index (κ2) is 6.03. The van der Waals surface area contributed by atoms with Crippen LogP contribution in [0.5, 0.6) is 0 Å². The molecule has 0 unspecified atom stereocenters. The molecule has 0 aromatic rings. The topological polar surface area (TPSA) is 40.5 Å². The zero-order valence-corrected chi connectivity index (χ0v) is 7.72. The summed E-state index contributed by atoms with van der Waals surface area (Å²) in [5.74, 6) is -0.857. The van der Waals surface area contributed by atoms with Crippen molar-refractivity contribution < 1.29 is 9.90 Å². The van der Waals surface area contributed by atoms with Crippen molar-refractivity contribution in [3.63, 3.8) is 0 Å². The van der Waals surface area contributed by atoms with E-state index in [4.69, 9.17) is 5.11 Å². The van der Waals surface area contributed by atoms with Crippen molar-refractivity contribution in [2.75, 3.05) is 19.6 Å². The molecule has 0 spiro atoms. The highest BCUT2D eigenvalue weighted by Gasteiger charge is 2.08. The minimum atomic E-state index is -0.857. The van der Waals surface area contributed by atoms with Crippen LogP contribution in [0.4, 0.5) is 0 Å². The van der Waals surface area contributed by atoms with Crippen molar-refractivity contribution in [2.24, 2.45) is 0 Å². The molecule has 1 aliphatic heterocycles. The van der Waals surface area contributed by atoms with Crippen molar-refractivity contribution in [2.45, 2.75) is 12.8 Å². The highest BCUT2D eigenvalue weighted by atomic mass is 35.5. The summed E-state index contributed by atoms with van der Waals surface area (Å²) in [4.78, 5) is 12.3. The van der Waals surface area contributed by atoms with Crippen molar-refractivity contribution in [1.82, 2.24) is 4.90 Å². The minimum Gasteiger partial charge on any atom is -0.478 e. The third-order valence-electron chi connectivity index (χ3n) is 1.82. The Morgan fingerprint density at radius 3 is 2.50 bits per heavy atom. The predicted molar refractivity (Wildman–Crippen MR) is 49.7 cm³/mol. The molecule has 1 fully saturated rings. The van der Waals surface area contributed by atoms with Crippen molar-refractivity contribution >= 4 is 18.4 Å². The number of carboxylic acids is 1. The first kappa shape index (κ1) is 11.5. The molecule has 0 aromatic heterocycles. The molecule has 0 amide bonds. The number of aliphatic carboxylic acids is 1. The van der Waals surface area contributed by atoms with Gasteiger partial charge in [0.25, 0.3) is 0 Å². The van der Waals surface area contributed by atoms with Crippen LogP contribution in [-0.2, 0) is 4.79 Å². The molecule has 1 aliphatic rings. The standard InChI is InChI=1S/C8H13NO2.ClH/c10-8(11)4-3-7-9-5-1-2-6-9;/h3-4H,1-2,5-7H2,(H,10,11);1H/b4-3+;. The van der Waals surface area contributed by atoms with Gasteiger partial charge in [0.2, 0.25) is 0 Å². The Bertz CT molecular complexity index is 164. The highest BCUT2D eigenvalue weighted by molar-refractivity contribution is 5.85. The maximum atomic E-state index is 10.1. The number of hydrogen-bond donors (Lipinski definition) is 1. The molecule has 4 heteroatoms. The number of rotatable bonds is 3. The zero-order valence-electron chi connectivity index (χ0n) is 6.90. The van der Waals surface area contributed by atoms with Gasteiger partial charge in [-0.1, -0.05) is 6.08 Å². The lowest BCUT2D eigenvalue weighted by Crippen LogP contribution is -2.18. The molecule has 1 saturated heterocycles. The molecule has 1 heterocycles. The number of nitrogens with zero attached hydrogens (tertiary/aromatic N) is 1. The first-order valence-electron chi connectivity index (χ1n) is 3.91. The Morgan fingerprint density at radius 1 is 1.42 bits per heavy atom. The summed E-state index contributed by atoms with van der Waals surface area (Å²) < 4.78 is 0. The third-order valence-corrected chi connectivity index (χ3v) is 1.82. The molecule has 0 radical (unpaired) electrons. The molecule has 0 saturated carbocycles. The van der Waals surface area contributed by atoms with Gasteiger partial charge in [-0.2, -0.15) is 0 Å². The molecular formula is C8H14ClNO2. The fourth-order valence-corrected chi connectivity index (χ4v) is 1.27. The predicted octanol–water partition coefficient (Wildman–Crippen LogP) is 1.14. The van der Waals surface area contributed by atoms with Gasteiger partial charge in [-0.3, -0.25) is 4.90 Å². The monoisotopic (exact) mass is 191 g/mol. The smallest absolute Gasteiger partial charge is 0.328 e. The van der Waals surface area contributed by atoms with Crippen LogP contribution in [0, 0.1) is 0 Å². The van der Waals surface area contributed by atoms with E-state index in [-0.39, 0.29) is 12.4 Å². The van der Waals surface area contributed by atoms with Gasteiger partial charge in [-0.05, 0) is 25.9 Å². The Balaban J connectivity index is 0.00000121. The first-order valence-corrected chi connectivity index (χ1v) is 3.91. The van der Waals surface area contributed by atoms with Gasteiger partial charge in [0.05, 0.1) is 0 Å². The summed E-state index contributed by atoms with van der Waals surface area (Å²) in [5, 5.41) is 8.28. The number of likely N-dealkylation sites (tertiary alicyclic amines) is 1. The van der Waals surface area contributed by atoms with E-state index in [1.165, 1.54) is 18.9 Å². The van der Waals surface area contributed by atoms with Gasteiger partial charge < -0.3 is 5.11 Å². The number of halogens is 1. The van der Waals surface area contributed by atoms with Crippen LogP contribution in [0.25, 0.3) is 0 Å². The van der Waals surface area contributed by atoms with E-state index in [1.807, 2.05) is 0 Å². The number of carboxylic acid groups (broad SMARTS) is 1. The highest BCUT2D eigenvalue weighted by Crippen LogP contribution is 2.05. The lowest BCUT2D eigenvalue weighted by molar-refractivity contribution is -0.131. The average Bonchev–Trinajstić information content (AvgIpc) is 2.39. The molecule has 70 valence electrons. The molecule has 3 nitrogen and oxygen atoms in total. The summed E-state index contributed by atoms with van der Waals surface area (Å²) in [5.41, 5.74) is 0. The van der Waals surface area contributed by atoms with Crippen LogP contribution in [0.15, 0.2) is 12.2 Å². The van der Waals surface area contributed by atoms with Gasteiger partial charge in [0, 0.05) is 12.6 Å². The second-order valence-electron chi connectivity index (χ2n) is 2.75. The van der Waals surface area contributed by atoms with E-state index in [0.717, 1.165) is 19.6 Å². The lowest BCUT2D eigenvalue weighted by atomic mass is 10.4. The summed E-state index contributed by atoms with van der Waals surface area (Å²) in [6.07, 6.45) is 5.41. The van der Waals surface area contributed by atoms with Crippen LogP contribution in [-0.4, -0.2) is 35.6 Å². The van der Waals surface area contributed by atoms with Crippen molar-refractivity contribution in [1.29, 1.82) is 0 Å². The maximum absolute atomic E-state index is 10.1. The fraction of sp³-hybridized carbons (Fsp3) is 0.625. The average molecular weight is 192 g/mol. The van der Waals surface area contributed by atoms with Gasteiger partial charge in [-0.25, -0.2) is 4.79 Å². The molecule has 1 N–H and O–H groups in total. The van der Waals surface area contributed by atoms with Crippen LogP contribution >= 0.6 is 12.4 Å². The number of carbonyl (C=O) groups is 1. The third kappa shape index (κ3) is 4.36. The zero-order chi connectivity index (χ0) is 8.10. The Kier molecular flexibility index (Phi) is 5.76. The molecular weight excluding hydrogens is 178 g/mol. The molecule has 0 aliphatic carbocycles. The van der Waals surface area contributed by atoms with E-state index >= 15 is 0 Å². The van der Waals surface area contributed by atoms with E-state index in [2.05, 4.69) is 4.90 Å². The van der Waals surface area contributed by atoms with Crippen LogP contribution < -0.4 is 0 Å². The Hall–Kier alpha value is -0.540. The number of hydrogen-bond acceptors (Lipinski definition) is 2. The van der Waals surface area contributed by atoms with Gasteiger partial charge >= 0.3 is 5.97 Å². The van der Waals surface area contributed by atoms with Crippen molar-refractivity contribution in [3.05, 3.63) is 12.2 Å². The lowest BCUT2D eigenvalue weighted by Gasteiger charge is -2.09. The quantitative estimate of drug-likeness (QED) is 0.681. The van der Waals surface area contributed by atoms with Crippen LogP contribution in [0.3, 0.4) is 0 Å². The normalized spacial score (nSPS) is 18.0. The molecule has 0 atom stereocenters. The van der Waals surface area contributed by atoms with Crippen molar-refractivity contribution in [3.8, 4) is 0 Å². The van der Waals surface area contributed by atoms with E-state index in [0.29, 0.717) is 0 Å². The molecule has 0 aromatic carbocycles. The van der Waals surface area contributed by atoms with E-state index < -0.39 is 5.97 Å². The Labute approximate surface area is 78.5 Å². The van der Waals surface area contributed by atoms with Crippen LogP contribution in [0.2, 0.25) is 0 Å². The molecule has 1 rings (SSSR count). The minimum absolute atomic E-state index is 0. The van der Waals surface area contributed by atoms with E-state index in [1.54, 1.807) is 6.08 Å². The van der Waals surface area contributed by atoms with E-state index in [9.17, 15) is 4.79 Å². The summed E-state index contributed by atoms with van der Waals surface area (Å²) in [6.45, 7) is 3.01. The van der Waals surface area contributed by atoms with Crippen LogP contribution in [0.1, 0.15) is 12.8 Å². The molecule has 0 bridgehead atoms. The Morgan fingerprint density at radius 2 is 2.00 bits per heavy atom. The second-order valence-corrected chi connectivity index (χ2v) is 2.75. The maximum Gasteiger partial charge on any atom is 0.328 e.